The van der Waals surface area contributed by atoms with Crippen LogP contribution in [-0.2, 0) is 0 Å². The normalized spacial score (nSPS) is 12.3. The van der Waals surface area contributed by atoms with Crippen molar-refractivity contribution in [2.75, 3.05) is 18.5 Å². The van der Waals surface area contributed by atoms with Crippen molar-refractivity contribution in [2.24, 2.45) is 5.73 Å². The van der Waals surface area contributed by atoms with Gasteiger partial charge in [-0.15, -0.1) is 0 Å². The molecule has 0 aliphatic rings. The van der Waals surface area contributed by atoms with Crippen molar-refractivity contribution in [1.82, 2.24) is 0 Å². The van der Waals surface area contributed by atoms with Gasteiger partial charge in [-0.25, -0.2) is 4.39 Å². The van der Waals surface area contributed by atoms with Crippen molar-refractivity contribution in [3.63, 3.8) is 0 Å². The molecule has 0 fully saturated rings. The maximum absolute atomic E-state index is 13.2. The Kier molecular flexibility index (Phi) is 4.86. The fourth-order valence-electron chi connectivity index (χ4n) is 2.63. The first-order chi connectivity index (χ1) is 9.93. The molecule has 4 heteroatoms. The minimum Gasteiger partial charge on any atom is -0.366 e. The van der Waals surface area contributed by atoms with Crippen LogP contribution < -0.4 is 10.6 Å². The van der Waals surface area contributed by atoms with Gasteiger partial charge in [-0.1, -0.05) is 35.4 Å². The molecule has 2 N–H and O–H groups in total. The van der Waals surface area contributed by atoms with E-state index in [2.05, 4.69) is 36.9 Å². The molecule has 21 heavy (non-hydrogen) atoms. The maximum atomic E-state index is 13.2. The van der Waals surface area contributed by atoms with Crippen molar-refractivity contribution in [2.45, 2.75) is 19.9 Å². The minimum atomic E-state index is -0.339. The van der Waals surface area contributed by atoms with Crippen LogP contribution in [0.3, 0.4) is 0 Å². The van der Waals surface area contributed by atoms with E-state index in [-0.39, 0.29) is 11.9 Å². The number of nitrogens with two attached hydrogens (primary N) is 1. The molecule has 0 aliphatic carbocycles. The van der Waals surface area contributed by atoms with Crippen molar-refractivity contribution in [3.8, 4) is 0 Å². The van der Waals surface area contributed by atoms with Gasteiger partial charge in [0.15, 0.2) is 0 Å². The Morgan fingerprint density at radius 3 is 2.48 bits per heavy atom. The number of hydrogen-bond acceptors (Lipinski definition) is 2. The summed E-state index contributed by atoms with van der Waals surface area (Å²) in [6.45, 7) is 4.53. The fraction of sp³-hybridized carbons (Fsp3) is 0.294. The first-order valence-electron chi connectivity index (χ1n) is 6.89. The highest BCUT2D eigenvalue weighted by Gasteiger charge is 2.20. The second kappa shape index (κ2) is 6.46. The molecule has 0 aromatic heterocycles. The van der Waals surface area contributed by atoms with Crippen LogP contribution in [0, 0.1) is 19.7 Å². The molecule has 0 aliphatic heterocycles. The lowest BCUT2D eigenvalue weighted by atomic mass is 10.0. The number of rotatable bonds is 4. The number of anilines is 1. The molecular formula is C17H20ClFN2. The van der Waals surface area contributed by atoms with Gasteiger partial charge in [-0.05, 0) is 43.2 Å². The molecule has 0 saturated heterocycles. The highest BCUT2D eigenvalue weighted by molar-refractivity contribution is 6.31. The largest absolute Gasteiger partial charge is 0.366 e. The van der Waals surface area contributed by atoms with Gasteiger partial charge >= 0.3 is 0 Å². The summed E-state index contributed by atoms with van der Waals surface area (Å²) in [6, 6.07) is 10.6. The minimum absolute atomic E-state index is 0.0977. The predicted molar refractivity (Wildman–Crippen MR) is 87.5 cm³/mol. The number of nitrogens with zero attached hydrogens (tertiary/aromatic N) is 1. The molecule has 1 atom stereocenters. The molecule has 0 spiro atoms. The number of benzene rings is 2. The van der Waals surface area contributed by atoms with Crippen LogP contribution >= 0.6 is 11.6 Å². The molecule has 0 amide bonds. The van der Waals surface area contributed by atoms with Crippen LogP contribution in [-0.4, -0.2) is 13.6 Å². The zero-order chi connectivity index (χ0) is 15.6. The average Bonchev–Trinajstić information content (AvgIpc) is 2.41. The highest BCUT2D eigenvalue weighted by Crippen LogP contribution is 2.32. The van der Waals surface area contributed by atoms with Gasteiger partial charge < -0.3 is 10.6 Å². The van der Waals surface area contributed by atoms with Gasteiger partial charge in [-0.3, -0.25) is 0 Å². The topological polar surface area (TPSA) is 29.3 Å². The van der Waals surface area contributed by atoms with E-state index in [1.165, 1.54) is 23.3 Å². The molecule has 0 heterocycles. The summed E-state index contributed by atoms with van der Waals surface area (Å²) >= 11 is 6.18. The summed E-state index contributed by atoms with van der Waals surface area (Å²) in [5.74, 6) is -0.339. The summed E-state index contributed by atoms with van der Waals surface area (Å²) in [5, 5.41) is 0.405. The van der Waals surface area contributed by atoms with Crippen LogP contribution in [0.15, 0.2) is 36.4 Å². The highest BCUT2D eigenvalue weighted by atomic mass is 35.5. The lowest BCUT2D eigenvalue weighted by molar-refractivity contribution is 0.622. The third kappa shape index (κ3) is 3.36. The second-order valence-corrected chi connectivity index (χ2v) is 5.73. The van der Waals surface area contributed by atoms with Crippen molar-refractivity contribution >= 4 is 17.3 Å². The first-order valence-corrected chi connectivity index (χ1v) is 7.27. The molecule has 112 valence electrons. The molecule has 2 aromatic carbocycles. The van der Waals surface area contributed by atoms with Crippen LogP contribution in [0.1, 0.15) is 22.7 Å². The summed E-state index contributed by atoms with van der Waals surface area (Å²) in [7, 11) is 1.98. The van der Waals surface area contributed by atoms with Crippen LogP contribution in [0.2, 0.25) is 5.02 Å². The first kappa shape index (κ1) is 15.8. The Morgan fingerprint density at radius 1 is 1.19 bits per heavy atom. The van der Waals surface area contributed by atoms with Gasteiger partial charge in [0.05, 0.1) is 6.04 Å². The Balaban J connectivity index is 2.40. The van der Waals surface area contributed by atoms with Crippen molar-refractivity contribution < 1.29 is 4.39 Å². The predicted octanol–water partition coefficient (Wildman–Crippen LogP) is 4.23. The Morgan fingerprint density at radius 2 is 1.90 bits per heavy atom. The van der Waals surface area contributed by atoms with E-state index in [9.17, 15) is 4.39 Å². The number of aryl methyl sites for hydroxylation is 2. The number of hydrogen-bond donors (Lipinski definition) is 1. The van der Waals surface area contributed by atoms with Gasteiger partial charge in [0.25, 0.3) is 0 Å². The summed E-state index contributed by atoms with van der Waals surface area (Å²) in [6.07, 6.45) is 0. The molecule has 2 rings (SSSR count). The Bertz CT molecular complexity index is 643. The molecule has 1 unspecified atom stereocenters. The van der Waals surface area contributed by atoms with Gasteiger partial charge in [0, 0.05) is 24.3 Å². The van der Waals surface area contributed by atoms with Crippen LogP contribution in [0.5, 0.6) is 0 Å². The molecule has 0 saturated carbocycles. The maximum Gasteiger partial charge on any atom is 0.124 e. The third-order valence-electron chi connectivity index (χ3n) is 3.74. The summed E-state index contributed by atoms with van der Waals surface area (Å²) in [4.78, 5) is 2.09. The van der Waals surface area contributed by atoms with E-state index >= 15 is 0 Å². The summed E-state index contributed by atoms with van der Waals surface area (Å²) < 4.78 is 13.2. The van der Waals surface area contributed by atoms with Gasteiger partial charge in [-0.2, -0.15) is 0 Å². The molecule has 2 nitrogen and oxygen atoms in total. The number of likely N-dealkylation sites (N-methyl/N-ethyl adjacent to an activating group) is 1. The fourth-order valence-corrected chi connectivity index (χ4v) is 2.93. The van der Waals surface area contributed by atoms with E-state index in [1.54, 1.807) is 6.07 Å². The van der Waals surface area contributed by atoms with Crippen molar-refractivity contribution in [3.05, 3.63) is 63.9 Å². The molecule has 2 aromatic rings. The van der Waals surface area contributed by atoms with Crippen molar-refractivity contribution in [1.29, 1.82) is 0 Å². The van der Waals surface area contributed by atoms with Crippen LogP contribution in [0.25, 0.3) is 0 Å². The second-order valence-electron chi connectivity index (χ2n) is 5.32. The standard InChI is InChI=1S/C17H20ClFN2/c1-11-4-7-16(12(2)8-11)21(3)17(10-20)14-6-5-13(19)9-15(14)18/h4-9,17H,10,20H2,1-3H3. The van der Waals surface area contributed by atoms with E-state index < -0.39 is 0 Å². The lowest BCUT2D eigenvalue weighted by Crippen LogP contribution is -2.31. The lowest BCUT2D eigenvalue weighted by Gasteiger charge is -2.31. The van der Waals surface area contributed by atoms with Gasteiger partial charge in [0.1, 0.15) is 5.82 Å². The zero-order valence-electron chi connectivity index (χ0n) is 12.5. The van der Waals surface area contributed by atoms with Gasteiger partial charge in [0.2, 0.25) is 0 Å². The molecular weight excluding hydrogens is 287 g/mol. The van der Waals surface area contributed by atoms with E-state index in [4.69, 9.17) is 17.3 Å². The quantitative estimate of drug-likeness (QED) is 0.916. The average molecular weight is 307 g/mol. The van der Waals surface area contributed by atoms with Crippen LogP contribution in [0.4, 0.5) is 10.1 Å². The van der Waals surface area contributed by atoms with E-state index in [1.807, 2.05) is 7.05 Å². The molecule has 0 radical (unpaired) electrons. The SMILES string of the molecule is Cc1ccc(N(C)C(CN)c2ccc(F)cc2Cl)c(C)c1. The third-order valence-corrected chi connectivity index (χ3v) is 4.07. The number of halogens is 2. The zero-order valence-corrected chi connectivity index (χ0v) is 13.3. The monoisotopic (exact) mass is 306 g/mol. The van der Waals surface area contributed by atoms with E-state index in [0.717, 1.165) is 11.3 Å². The van der Waals surface area contributed by atoms with E-state index in [0.29, 0.717) is 11.6 Å². The Labute approximate surface area is 130 Å². The molecule has 0 bridgehead atoms. The summed E-state index contributed by atoms with van der Waals surface area (Å²) in [5.41, 5.74) is 10.3. The Hall–Kier alpha value is -1.58. The smallest absolute Gasteiger partial charge is 0.124 e.